The number of benzene rings is 1. The number of carbonyl (C=O) groups is 2. The number of carbonyl (C=O) groups excluding carboxylic acids is 2. The maximum absolute atomic E-state index is 12.9. The van der Waals surface area contributed by atoms with E-state index in [0.717, 1.165) is 42.7 Å². The van der Waals surface area contributed by atoms with Crippen molar-refractivity contribution in [1.29, 1.82) is 0 Å². The maximum Gasteiger partial charge on any atom is 0.269 e. The lowest BCUT2D eigenvalue weighted by Crippen LogP contribution is -2.53. The van der Waals surface area contributed by atoms with Crippen LogP contribution in [-0.2, 0) is 9.59 Å². The van der Waals surface area contributed by atoms with E-state index in [4.69, 9.17) is 0 Å². The van der Waals surface area contributed by atoms with Crippen LogP contribution in [0, 0.1) is 33.3 Å². The number of nitro benzene ring substituents is 1. The summed E-state index contributed by atoms with van der Waals surface area (Å²) < 4.78 is 0. The molecule has 0 atom stereocenters. The second-order valence-corrected chi connectivity index (χ2v) is 9.64. The van der Waals surface area contributed by atoms with Crippen molar-refractivity contribution in [2.24, 2.45) is 23.2 Å². The van der Waals surface area contributed by atoms with Crippen molar-refractivity contribution in [2.75, 3.05) is 25.0 Å². The van der Waals surface area contributed by atoms with Gasteiger partial charge in [0.05, 0.1) is 4.92 Å². The Morgan fingerprint density at radius 1 is 0.935 bits per heavy atom. The molecule has 4 fully saturated rings. The Kier molecular flexibility index (Phi) is 6.43. The van der Waals surface area contributed by atoms with Crippen molar-refractivity contribution >= 4 is 23.2 Å². The van der Waals surface area contributed by atoms with E-state index in [2.05, 4.69) is 16.0 Å². The van der Waals surface area contributed by atoms with Crippen molar-refractivity contribution in [3.05, 3.63) is 34.4 Å². The quantitative estimate of drug-likeness (QED) is 0.301. The highest BCUT2D eigenvalue weighted by Gasteiger charge is 2.54. The predicted octanol–water partition coefficient (Wildman–Crippen LogP) is 3.24. The smallest absolute Gasteiger partial charge is 0.269 e. The highest BCUT2D eigenvalue weighted by molar-refractivity contribution is 5.83. The summed E-state index contributed by atoms with van der Waals surface area (Å²) in [5.74, 6) is 2.45. The van der Waals surface area contributed by atoms with E-state index in [1.54, 1.807) is 12.1 Å². The van der Waals surface area contributed by atoms with E-state index in [9.17, 15) is 19.7 Å². The molecule has 5 rings (SSSR count). The fraction of sp³-hybridized carbons (Fsp3) is 0.652. The fourth-order valence-electron chi connectivity index (χ4n) is 6.23. The zero-order valence-electron chi connectivity index (χ0n) is 17.9. The maximum atomic E-state index is 12.9. The van der Waals surface area contributed by atoms with Crippen LogP contribution in [0.2, 0.25) is 0 Å². The second-order valence-electron chi connectivity index (χ2n) is 9.64. The van der Waals surface area contributed by atoms with E-state index >= 15 is 0 Å². The Labute approximate surface area is 182 Å². The van der Waals surface area contributed by atoms with Crippen molar-refractivity contribution in [3.8, 4) is 0 Å². The number of hydrogen-bond acceptors (Lipinski definition) is 5. The summed E-state index contributed by atoms with van der Waals surface area (Å²) in [5.41, 5.74) is 0.696. The average molecular weight is 429 g/mol. The third-order valence-electron chi connectivity index (χ3n) is 7.24. The van der Waals surface area contributed by atoms with Crippen molar-refractivity contribution < 1.29 is 14.5 Å². The number of non-ortho nitro benzene ring substituents is 1. The van der Waals surface area contributed by atoms with Gasteiger partial charge in [0.25, 0.3) is 5.69 Å². The minimum absolute atomic E-state index is 0.0328. The highest BCUT2D eigenvalue weighted by atomic mass is 16.6. The number of nitrogens with one attached hydrogen (secondary N) is 3. The van der Waals surface area contributed by atoms with Crippen LogP contribution in [0.15, 0.2) is 24.3 Å². The molecule has 0 saturated heterocycles. The first kappa shape index (κ1) is 21.6. The molecule has 31 heavy (non-hydrogen) atoms. The molecule has 168 valence electrons. The first-order valence-corrected chi connectivity index (χ1v) is 11.5. The minimum Gasteiger partial charge on any atom is -0.383 e. The van der Waals surface area contributed by atoms with Gasteiger partial charge in [-0.15, -0.1) is 0 Å². The van der Waals surface area contributed by atoms with Crippen LogP contribution in [0.4, 0.5) is 11.4 Å². The molecule has 0 radical (unpaired) electrons. The Balaban J connectivity index is 1.08. The van der Waals surface area contributed by atoms with Gasteiger partial charge in [-0.25, -0.2) is 0 Å². The summed E-state index contributed by atoms with van der Waals surface area (Å²) in [4.78, 5) is 35.1. The number of nitro groups is 1. The first-order chi connectivity index (χ1) is 14.9. The van der Waals surface area contributed by atoms with E-state index < -0.39 is 4.92 Å². The standard InChI is InChI=1S/C23H32N4O4/c28-21(25-9-8-24-19-3-5-20(6-4-19)27(30)31)2-1-7-26-22(29)23-13-16-10-17(14-23)12-18(11-16)15-23/h3-6,16-18,24H,1-2,7-15H2,(H,25,28)(H,26,29). The van der Waals surface area contributed by atoms with Crippen LogP contribution in [0.1, 0.15) is 51.4 Å². The molecule has 4 aliphatic carbocycles. The summed E-state index contributed by atoms with van der Waals surface area (Å²) in [6.07, 6.45) is 8.19. The number of rotatable bonds is 10. The molecule has 4 bridgehead atoms. The Hall–Kier alpha value is -2.64. The number of nitrogens with zero attached hydrogens (tertiary/aromatic N) is 1. The van der Waals surface area contributed by atoms with Crippen LogP contribution < -0.4 is 16.0 Å². The van der Waals surface area contributed by atoms with Gasteiger partial charge in [0.1, 0.15) is 0 Å². The van der Waals surface area contributed by atoms with Gasteiger partial charge in [0.2, 0.25) is 11.8 Å². The van der Waals surface area contributed by atoms with Crippen LogP contribution in [0.5, 0.6) is 0 Å². The molecule has 0 unspecified atom stereocenters. The molecule has 0 heterocycles. The molecule has 4 aliphatic rings. The molecule has 1 aromatic rings. The Morgan fingerprint density at radius 3 is 2.13 bits per heavy atom. The highest BCUT2D eigenvalue weighted by Crippen LogP contribution is 2.60. The normalized spacial score (nSPS) is 28.2. The number of amides is 2. The van der Waals surface area contributed by atoms with E-state index in [1.807, 2.05) is 0 Å². The van der Waals surface area contributed by atoms with Crippen molar-refractivity contribution in [3.63, 3.8) is 0 Å². The fourth-order valence-corrected chi connectivity index (χ4v) is 6.23. The molecule has 3 N–H and O–H groups in total. The number of hydrogen-bond donors (Lipinski definition) is 3. The number of anilines is 1. The van der Waals surface area contributed by atoms with E-state index in [0.29, 0.717) is 32.5 Å². The van der Waals surface area contributed by atoms with E-state index in [1.165, 1.54) is 31.4 Å². The molecule has 4 saturated carbocycles. The third-order valence-corrected chi connectivity index (χ3v) is 7.24. The zero-order valence-corrected chi connectivity index (χ0v) is 17.9. The van der Waals surface area contributed by atoms with Gasteiger partial charge >= 0.3 is 0 Å². The van der Waals surface area contributed by atoms with Gasteiger partial charge in [-0.3, -0.25) is 19.7 Å². The monoisotopic (exact) mass is 428 g/mol. The zero-order chi connectivity index (χ0) is 21.8. The molecule has 2 amide bonds. The largest absolute Gasteiger partial charge is 0.383 e. The second kappa shape index (κ2) is 9.24. The lowest BCUT2D eigenvalue weighted by Gasteiger charge is -2.55. The van der Waals surface area contributed by atoms with Gasteiger partial charge in [-0.05, 0) is 74.8 Å². The van der Waals surface area contributed by atoms with Crippen molar-refractivity contribution in [2.45, 2.75) is 51.4 Å². The van der Waals surface area contributed by atoms with Gasteiger partial charge in [-0.2, -0.15) is 0 Å². The SMILES string of the molecule is O=C(CCCNC(=O)C12CC3CC(CC(C3)C1)C2)NCCNc1ccc([N+](=O)[O-])cc1. The molecule has 8 nitrogen and oxygen atoms in total. The Morgan fingerprint density at radius 2 is 1.55 bits per heavy atom. The minimum atomic E-state index is -0.435. The van der Waals surface area contributed by atoms with E-state index in [-0.39, 0.29) is 22.9 Å². The first-order valence-electron chi connectivity index (χ1n) is 11.5. The van der Waals surface area contributed by atoms with Gasteiger partial charge in [-0.1, -0.05) is 0 Å². The molecule has 8 heteroatoms. The van der Waals surface area contributed by atoms with Gasteiger partial charge in [0, 0.05) is 49.3 Å². The molecular formula is C23H32N4O4. The summed E-state index contributed by atoms with van der Waals surface area (Å²) >= 11 is 0. The molecule has 1 aromatic carbocycles. The predicted molar refractivity (Wildman–Crippen MR) is 117 cm³/mol. The van der Waals surface area contributed by atoms with Crippen LogP contribution in [0.25, 0.3) is 0 Å². The summed E-state index contributed by atoms with van der Waals surface area (Å²) in [6, 6.07) is 6.18. The molecule has 0 spiro atoms. The van der Waals surface area contributed by atoms with Gasteiger partial charge in [0.15, 0.2) is 0 Å². The molecule has 0 aliphatic heterocycles. The molecular weight excluding hydrogens is 396 g/mol. The lowest BCUT2D eigenvalue weighted by atomic mass is 9.49. The van der Waals surface area contributed by atoms with Crippen LogP contribution >= 0.6 is 0 Å². The summed E-state index contributed by atoms with van der Waals surface area (Å²) in [6.45, 7) is 1.55. The summed E-state index contributed by atoms with van der Waals surface area (Å²) in [5, 5.41) is 19.7. The Bertz CT molecular complexity index is 788. The van der Waals surface area contributed by atoms with Gasteiger partial charge < -0.3 is 16.0 Å². The topological polar surface area (TPSA) is 113 Å². The van der Waals surface area contributed by atoms with Crippen LogP contribution in [0.3, 0.4) is 0 Å². The lowest BCUT2D eigenvalue weighted by molar-refractivity contribution is -0.384. The summed E-state index contributed by atoms with van der Waals surface area (Å²) in [7, 11) is 0. The molecule has 0 aromatic heterocycles. The third kappa shape index (κ3) is 5.17. The van der Waals surface area contributed by atoms with Crippen molar-refractivity contribution in [1.82, 2.24) is 10.6 Å². The average Bonchev–Trinajstić information content (AvgIpc) is 2.73. The van der Waals surface area contributed by atoms with Crippen LogP contribution in [-0.4, -0.2) is 36.4 Å².